The van der Waals surface area contributed by atoms with E-state index in [-0.39, 0.29) is 28.6 Å². The van der Waals surface area contributed by atoms with Crippen LogP contribution in [0.1, 0.15) is 63.9 Å². The molecule has 0 unspecified atom stereocenters. The Bertz CT molecular complexity index is 992. The number of rotatable bonds is 3. The fourth-order valence-electron chi connectivity index (χ4n) is 5.19. The highest BCUT2D eigenvalue weighted by Gasteiger charge is 2.54. The number of hydrogen-bond acceptors (Lipinski definition) is 3. The molecule has 0 radical (unpaired) electrons. The minimum Gasteiger partial charge on any atom is -0.323 e. The van der Waals surface area contributed by atoms with Crippen molar-refractivity contribution in [1.29, 1.82) is 0 Å². The molecule has 2 aliphatic carbocycles. The third-order valence-corrected chi connectivity index (χ3v) is 7.11. The van der Waals surface area contributed by atoms with E-state index in [1.807, 2.05) is 0 Å². The average molecular weight is 452 g/mol. The van der Waals surface area contributed by atoms with Gasteiger partial charge in [0.25, 0.3) is 11.8 Å². The molecule has 1 aromatic carbocycles. The molecule has 2 saturated carbocycles. The van der Waals surface area contributed by atoms with E-state index in [2.05, 4.69) is 15.6 Å². The van der Waals surface area contributed by atoms with Gasteiger partial charge in [0, 0.05) is 5.92 Å². The molecular weight excluding hydrogens is 428 g/mol. The van der Waals surface area contributed by atoms with Crippen LogP contribution in [-0.4, -0.2) is 29.1 Å². The third-order valence-electron chi connectivity index (χ3n) is 6.82. The summed E-state index contributed by atoms with van der Waals surface area (Å²) in [4.78, 5) is 41.8. The van der Waals surface area contributed by atoms with E-state index in [4.69, 9.17) is 11.6 Å². The van der Waals surface area contributed by atoms with E-state index in [0.717, 1.165) is 25.0 Å². The minimum atomic E-state index is -1.16. The van der Waals surface area contributed by atoms with Gasteiger partial charge in [-0.25, -0.2) is 18.6 Å². The Hall–Kier alpha value is -2.35. The molecule has 2 atom stereocenters. The van der Waals surface area contributed by atoms with Crippen LogP contribution in [0, 0.1) is 23.0 Å². The summed E-state index contributed by atoms with van der Waals surface area (Å²) >= 11 is 5.89. The third kappa shape index (κ3) is 3.86. The Balaban J connectivity index is 1.73. The summed E-state index contributed by atoms with van der Waals surface area (Å²) in [6.45, 7) is 1.69. The molecule has 9 heteroatoms. The van der Waals surface area contributed by atoms with E-state index >= 15 is 0 Å². The van der Waals surface area contributed by atoms with Gasteiger partial charge in [-0.2, -0.15) is 0 Å². The Labute approximate surface area is 183 Å². The van der Waals surface area contributed by atoms with E-state index in [9.17, 15) is 23.2 Å². The number of imide groups is 1. The van der Waals surface area contributed by atoms with Gasteiger partial charge in [0.05, 0.1) is 21.7 Å². The van der Waals surface area contributed by atoms with E-state index in [1.54, 1.807) is 6.92 Å². The van der Waals surface area contributed by atoms with Gasteiger partial charge < -0.3 is 5.32 Å². The zero-order valence-electron chi connectivity index (χ0n) is 17.2. The highest BCUT2D eigenvalue weighted by atomic mass is 35.5. The topological polar surface area (TPSA) is 87.6 Å². The van der Waals surface area contributed by atoms with Crippen LogP contribution in [0.15, 0.2) is 17.1 Å². The van der Waals surface area contributed by atoms with Crippen LogP contribution in [0.2, 0.25) is 5.02 Å². The lowest BCUT2D eigenvalue weighted by Gasteiger charge is -2.40. The summed E-state index contributed by atoms with van der Waals surface area (Å²) in [5.41, 5.74) is -2.48. The second kappa shape index (κ2) is 7.97. The second-order valence-electron chi connectivity index (χ2n) is 9.08. The quantitative estimate of drug-likeness (QED) is 0.408. The zero-order chi connectivity index (χ0) is 22.4. The van der Waals surface area contributed by atoms with Crippen LogP contribution >= 0.6 is 11.6 Å². The molecule has 1 aromatic rings. The van der Waals surface area contributed by atoms with E-state index in [0.29, 0.717) is 32.1 Å². The Morgan fingerprint density at radius 3 is 2.52 bits per heavy atom. The fourth-order valence-corrected chi connectivity index (χ4v) is 5.35. The van der Waals surface area contributed by atoms with Gasteiger partial charge in [0.15, 0.2) is 5.82 Å². The number of aliphatic imine (C=N–C) groups is 1. The van der Waals surface area contributed by atoms with Crippen molar-refractivity contribution in [3.8, 4) is 0 Å². The Morgan fingerprint density at radius 2 is 1.87 bits per heavy atom. The molecular formula is C22H24ClF2N3O3. The molecule has 6 nitrogen and oxygen atoms in total. The van der Waals surface area contributed by atoms with Crippen LogP contribution in [0.25, 0.3) is 0 Å². The highest BCUT2D eigenvalue weighted by Crippen LogP contribution is 2.44. The molecule has 4 rings (SSSR count). The van der Waals surface area contributed by atoms with Crippen LogP contribution < -0.4 is 10.6 Å². The molecule has 3 aliphatic rings. The molecule has 0 aromatic heterocycles. The molecule has 4 amide bonds. The first-order chi connectivity index (χ1) is 14.7. The van der Waals surface area contributed by atoms with Crippen LogP contribution in [0.4, 0.5) is 13.6 Å². The van der Waals surface area contributed by atoms with Gasteiger partial charge in [-0.15, -0.1) is 0 Å². The molecule has 0 bridgehead atoms. The first kappa shape index (κ1) is 21.9. The largest absolute Gasteiger partial charge is 0.323 e. The van der Waals surface area contributed by atoms with Crippen LogP contribution in [0.3, 0.4) is 0 Å². The number of carbonyl (C=O) groups excluding carboxylic acids is 3. The molecule has 2 N–H and O–H groups in total. The highest BCUT2D eigenvalue weighted by molar-refractivity contribution is 6.31. The maximum Gasteiger partial charge on any atom is 0.322 e. The summed E-state index contributed by atoms with van der Waals surface area (Å²) in [5.74, 6) is -2.98. The second-order valence-corrected chi connectivity index (χ2v) is 9.49. The Kier molecular flexibility index (Phi) is 5.62. The standard InChI is InChI=1S/C22H24ClF2N3O3/c1-21(9-4-10-22(11-21)19(30)27-20(31)28-22)18(29)26-17(12-5-2-3-6-12)15-14(24)8-7-13(23)16(15)25/h7-8,12H,2-6,9-11H2,1H3,(H2,27,28,30,31)/t21-,22-/m0/s1. The zero-order valence-corrected chi connectivity index (χ0v) is 18.0. The summed E-state index contributed by atoms with van der Waals surface area (Å²) in [6.07, 6.45) is 4.61. The molecule has 1 spiro atoms. The number of nitrogens with one attached hydrogen (secondary N) is 2. The fraction of sp³-hybridized carbons (Fsp3) is 0.545. The van der Waals surface area contributed by atoms with Crippen molar-refractivity contribution in [3.05, 3.63) is 34.4 Å². The summed E-state index contributed by atoms with van der Waals surface area (Å²) in [5, 5.41) is 4.66. The summed E-state index contributed by atoms with van der Waals surface area (Å²) in [7, 11) is 0. The van der Waals surface area contributed by atoms with Gasteiger partial charge in [0.1, 0.15) is 11.4 Å². The van der Waals surface area contributed by atoms with Gasteiger partial charge >= 0.3 is 6.03 Å². The number of amides is 4. The lowest BCUT2D eigenvalue weighted by molar-refractivity contribution is -0.133. The van der Waals surface area contributed by atoms with Gasteiger partial charge in [0.2, 0.25) is 0 Å². The van der Waals surface area contributed by atoms with Crippen molar-refractivity contribution < 1.29 is 23.2 Å². The monoisotopic (exact) mass is 451 g/mol. The van der Waals surface area contributed by atoms with Crippen LogP contribution in [-0.2, 0) is 9.59 Å². The molecule has 1 aliphatic heterocycles. The van der Waals surface area contributed by atoms with Crippen molar-refractivity contribution in [2.45, 2.75) is 63.8 Å². The predicted molar refractivity (Wildman–Crippen MR) is 111 cm³/mol. The van der Waals surface area contributed by atoms with Crippen molar-refractivity contribution >= 4 is 35.2 Å². The number of nitrogens with zero attached hydrogens (tertiary/aromatic N) is 1. The molecule has 1 heterocycles. The first-order valence-corrected chi connectivity index (χ1v) is 10.9. The van der Waals surface area contributed by atoms with Crippen molar-refractivity contribution in [2.24, 2.45) is 16.3 Å². The molecule has 1 saturated heterocycles. The number of hydrogen-bond donors (Lipinski definition) is 2. The van der Waals surface area contributed by atoms with Crippen molar-refractivity contribution in [1.82, 2.24) is 10.6 Å². The number of carbonyl (C=O) groups is 3. The van der Waals surface area contributed by atoms with Crippen LogP contribution in [0.5, 0.6) is 0 Å². The number of benzene rings is 1. The number of urea groups is 1. The maximum absolute atomic E-state index is 14.8. The molecule has 166 valence electrons. The average Bonchev–Trinajstić information content (AvgIpc) is 3.32. The van der Waals surface area contributed by atoms with Gasteiger partial charge in [-0.1, -0.05) is 31.4 Å². The van der Waals surface area contributed by atoms with Crippen molar-refractivity contribution in [3.63, 3.8) is 0 Å². The smallest absolute Gasteiger partial charge is 0.322 e. The maximum atomic E-state index is 14.8. The minimum absolute atomic E-state index is 0.0817. The Morgan fingerprint density at radius 1 is 1.16 bits per heavy atom. The summed E-state index contributed by atoms with van der Waals surface area (Å²) in [6, 6.07) is 1.63. The lowest BCUT2D eigenvalue weighted by atomic mass is 9.66. The molecule has 3 fully saturated rings. The van der Waals surface area contributed by atoms with Gasteiger partial charge in [-0.05, 0) is 50.7 Å². The lowest BCUT2D eigenvalue weighted by Crippen LogP contribution is -2.54. The normalized spacial score (nSPS) is 29.4. The van der Waals surface area contributed by atoms with E-state index < -0.39 is 40.4 Å². The van der Waals surface area contributed by atoms with Crippen molar-refractivity contribution in [2.75, 3.05) is 0 Å². The first-order valence-electron chi connectivity index (χ1n) is 10.6. The predicted octanol–water partition coefficient (Wildman–Crippen LogP) is 4.28. The van der Waals surface area contributed by atoms with E-state index in [1.165, 1.54) is 0 Å². The molecule has 31 heavy (non-hydrogen) atoms. The number of halogens is 3. The summed E-state index contributed by atoms with van der Waals surface area (Å²) < 4.78 is 29.5. The SMILES string of the molecule is C[C@]1(C(=O)N=C(c2c(F)ccc(Cl)c2F)C2CCCC2)CCC[C@@]2(C1)NC(=O)NC2=O. The van der Waals surface area contributed by atoms with Gasteiger partial charge in [-0.3, -0.25) is 14.9 Å².